The van der Waals surface area contributed by atoms with Crippen LogP contribution in [0.3, 0.4) is 0 Å². The van der Waals surface area contributed by atoms with Gasteiger partial charge in [-0.05, 0) is 79.3 Å². The van der Waals surface area contributed by atoms with Gasteiger partial charge in [-0.15, -0.1) is 0 Å². The molecule has 1 fully saturated rings. The summed E-state index contributed by atoms with van der Waals surface area (Å²) in [5.74, 6) is -0.443. The summed E-state index contributed by atoms with van der Waals surface area (Å²) < 4.78 is 10.2. The minimum absolute atomic E-state index is 0.108. The molecule has 0 aliphatic carbocycles. The molecular weight excluding hydrogens is 492 g/mol. The minimum Gasteiger partial charge on any atom is -0.497 e. The van der Waals surface area contributed by atoms with Crippen molar-refractivity contribution in [1.29, 1.82) is 0 Å². The van der Waals surface area contributed by atoms with Crippen molar-refractivity contribution in [3.8, 4) is 5.75 Å². The molecule has 1 aromatic heterocycles. The van der Waals surface area contributed by atoms with Gasteiger partial charge in [-0.2, -0.15) is 0 Å². The topological polar surface area (TPSA) is 101 Å². The number of aromatic nitrogens is 1. The molecule has 0 radical (unpaired) electrons. The number of thiocarbonyl (C=S) groups is 1. The smallest absolute Gasteiger partial charge is 0.338 e. The van der Waals surface area contributed by atoms with Crippen LogP contribution in [0.4, 0.5) is 11.4 Å². The zero-order valence-corrected chi connectivity index (χ0v) is 21.2. The molecular formula is C27H26N4O5S. The molecule has 0 spiro atoms. The van der Waals surface area contributed by atoms with Crippen LogP contribution in [0.15, 0.2) is 73.1 Å². The van der Waals surface area contributed by atoms with Crippen LogP contribution in [0.5, 0.6) is 5.75 Å². The van der Waals surface area contributed by atoms with Crippen molar-refractivity contribution in [1.82, 2.24) is 9.88 Å². The molecule has 1 saturated heterocycles. The predicted octanol–water partition coefficient (Wildman–Crippen LogP) is 3.80. The summed E-state index contributed by atoms with van der Waals surface area (Å²) >= 11 is 5.71. The molecule has 2 amide bonds. The SMILES string of the molecule is CCOC(=O)c1ccc(N2C(=O)C(CC(=O)Nc3ccc(OC)cc3)N(Cc3cccnc3)C2=S)cc1. The molecule has 1 atom stereocenters. The highest BCUT2D eigenvalue weighted by molar-refractivity contribution is 7.80. The van der Waals surface area contributed by atoms with Gasteiger partial charge in [0.25, 0.3) is 5.91 Å². The Balaban J connectivity index is 1.57. The van der Waals surface area contributed by atoms with Gasteiger partial charge in [0.2, 0.25) is 5.91 Å². The van der Waals surface area contributed by atoms with Crippen LogP contribution in [0, 0.1) is 0 Å². The maximum absolute atomic E-state index is 13.6. The number of nitrogens with one attached hydrogen (secondary N) is 1. The molecule has 1 aliphatic rings. The second-order valence-corrected chi connectivity index (χ2v) is 8.57. The van der Waals surface area contributed by atoms with Crippen molar-refractivity contribution < 1.29 is 23.9 Å². The number of carbonyl (C=O) groups is 3. The minimum atomic E-state index is -0.823. The van der Waals surface area contributed by atoms with Crippen LogP contribution in [0.1, 0.15) is 29.3 Å². The number of rotatable bonds is 9. The third kappa shape index (κ3) is 5.92. The Morgan fingerprint density at radius 2 is 1.81 bits per heavy atom. The Morgan fingerprint density at radius 3 is 2.43 bits per heavy atom. The first-order chi connectivity index (χ1) is 17.9. The number of amides is 2. The third-order valence-electron chi connectivity index (χ3n) is 5.78. The van der Waals surface area contributed by atoms with Gasteiger partial charge in [0.05, 0.1) is 31.4 Å². The molecule has 1 aliphatic heterocycles. The largest absolute Gasteiger partial charge is 0.497 e. The maximum Gasteiger partial charge on any atom is 0.338 e. The quantitative estimate of drug-likeness (QED) is 0.337. The average Bonchev–Trinajstić information content (AvgIpc) is 3.13. The van der Waals surface area contributed by atoms with E-state index in [1.54, 1.807) is 85.9 Å². The normalized spacial score (nSPS) is 15.0. The molecule has 1 unspecified atom stereocenters. The van der Waals surface area contributed by atoms with E-state index in [9.17, 15) is 14.4 Å². The summed E-state index contributed by atoms with van der Waals surface area (Å²) in [6.45, 7) is 2.30. The molecule has 0 saturated carbocycles. The Labute approximate surface area is 220 Å². The van der Waals surface area contributed by atoms with Gasteiger partial charge in [-0.25, -0.2) is 4.79 Å². The highest BCUT2D eigenvalue weighted by Gasteiger charge is 2.44. The predicted molar refractivity (Wildman–Crippen MR) is 142 cm³/mol. The zero-order valence-electron chi connectivity index (χ0n) is 20.4. The Hall–Kier alpha value is -4.31. The monoisotopic (exact) mass is 518 g/mol. The Kier molecular flexibility index (Phi) is 8.09. The van der Waals surface area contributed by atoms with E-state index in [2.05, 4.69) is 10.3 Å². The van der Waals surface area contributed by atoms with E-state index in [4.69, 9.17) is 21.7 Å². The highest BCUT2D eigenvalue weighted by Crippen LogP contribution is 2.29. The van der Waals surface area contributed by atoms with Crippen molar-refractivity contribution in [3.05, 3.63) is 84.2 Å². The summed E-state index contributed by atoms with van der Waals surface area (Å²) in [6.07, 6.45) is 3.25. The number of anilines is 2. The summed E-state index contributed by atoms with van der Waals surface area (Å²) in [5, 5.41) is 3.09. The second-order valence-electron chi connectivity index (χ2n) is 8.21. The third-order valence-corrected chi connectivity index (χ3v) is 6.20. The van der Waals surface area contributed by atoms with Gasteiger partial charge < -0.3 is 19.7 Å². The lowest BCUT2D eigenvalue weighted by molar-refractivity contribution is -0.124. The van der Waals surface area contributed by atoms with Gasteiger partial charge in [-0.3, -0.25) is 19.5 Å². The van der Waals surface area contributed by atoms with Crippen LogP contribution >= 0.6 is 12.2 Å². The van der Waals surface area contributed by atoms with Crippen molar-refractivity contribution in [3.63, 3.8) is 0 Å². The summed E-state index contributed by atoms with van der Waals surface area (Å²) in [7, 11) is 1.56. The molecule has 10 heteroatoms. The first-order valence-electron chi connectivity index (χ1n) is 11.7. The Morgan fingerprint density at radius 1 is 1.08 bits per heavy atom. The first kappa shape index (κ1) is 25.8. The zero-order chi connectivity index (χ0) is 26.4. The number of benzene rings is 2. The number of carbonyl (C=O) groups excluding carboxylic acids is 3. The van der Waals surface area contributed by atoms with E-state index >= 15 is 0 Å². The van der Waals surface area contributed by atoms with Crippen molar-refractivity contribution in [2.75, 3.05) is 23.9 Å². The van der Waals surface area contributed by atoms with E-state index in [0.717, 1.165) is 5.56 Å². The summed E-state index contributed by atoms with van der Waals surface area (Å²) in [5.41, 5.74) is 2.30. The van der Waals surface area contributed by atoms with Crippen LogP contribution in [0.25, 0.3) is 0 Å². The fourth-order valence-corrected chi connectivity index (χ4v) is 4.35. The van der Waals surface area contributed by atoms with E-state index in [0.29, 0.717) is 29.2 Å². The molecule has 4 rings (SSSR count). The second kappa shape index (κ2) is 11.6. The van der Waals surface area contributed by atoms with E-state index in [1.165, 1.54) is 4.90 Å². The molecule has 0 bridgehead atoms. The number of pyridine rings is 1. The lowest BCUT2D eigenvalue weighted by Gasteiger charge is -2.24. The molecule has 1 N–H and O–H groups in total. The van der Waals surface area contributed by atoms with Crippen LogP contribution in [-0.2, 0) is 20.9 Å². The highest BCUT2D eigenvalue weighted by atomic mass is 32.1. The Bertz CT molecular complexity index is 1280. The van der Waals surface area contributed by atoms with Gasteiger partial charge in [-0.1, -0.05) is 6.07 Å². The number of methoxy groups -OCH3 is 1. The average molecular weight is 519 g/mol. The van der Waals surface area contributed by atoms with Crippen molar-refractivity contribution in [2.45, 2.75) is 25.9 Å². The number of hydrogen-bond acceptors (Lipinski definition) is 7. The van der Waals surface area contributed by atoms with Crippen LogP contribution in [0.2, 0.25) is 0 Å². The van der Waals surface area contributed by atoms with Crippen molar-refractivity contribution in [2.24, 2.45) is 0 Å². The molecule has 9 nitrogen and oxygen atoms in total. The van der Waals surface area contributed by atoms with Crippen molar-refractivity contribution >= 4 is 46.5 Å². The lowest BCUT2D eigenvalue weighted by Crippen LogP contribution is -2.37. The number of nitrogens with zero attached hydrogens (tertiary/aromatic N) is 3. The van der Waals surface area contributed by atoms with Gasteiger partial charge >= 0.3 is 5.97 Å². The lowest BCUT2D eigenvalue weighted by atomic mass is 10.1. The summed E-state index contributed by atoms with van der Waals surface area (Å²) in [6, 6.07) is 16.2. The standard InChI is InChI=1S/C27H26N4O5S/c1-3-36-26(34)19-6-10-21(11-7-19)31-25(33)23(30(27(31)37)17-18-5-4-14-28-16-18)15-24(32)29-20-8-12-22(35-2)13-9-20/h4-14,16,23H,3,15,17H2,1-2H3,(H,29,32). The number of ether oxygens (including phenoxy) is 2. The van der Waals surface area contributed by atoms with Gasteiger partial charge in [0, 0.05) is 24.6 Å². The fourth-order valence-electron chi connectivity index (χ4n) is 3.96. The molecule has 190 valence electrons. The van der Waals surface area contributed by atoms with Gasteiger partial charge in [0.1, 0.15) is 11.8 Å². The molecule has 2 aromatic carbocycles. The molecule has 37 heavy (non-hydrogen) atoms. The van der Waals surface area contributed by atoms with E-state index in [-0.39, 0.29) is 30.0 Å². The number of esters is 1. The molecule has 3 aromatic rings. The number of hydrogen-bond donors (Lipinski definition) is 1. The summed E-state index contributed by atoms with van der Waals surface area (Å²) in [4.78, 5) is 45.8. The van der Waals surface area contributed by atoms with Gasteiger partial charge in [0.15, 0.2) is 5.11 Å². The van der Waals surface area contributed by atoms with Crippen LogP contribution in [-0.4, -0.2) is 52.5 Å². The van der Waals surface area contributed by atoms with Crippen LogP contribution < -0.4 is 15.0 Å². The first-order valence-corrected chi connectivity index (χ1v) is 12.1. The maximum atomic E-state index is 13.6. The molecule has 2 heterocycles. The van der Waals surface area contributed by atoms with E-state index < -0.39 is 12.0 Å². The fraction of sp³-hybridized carbons (Fsp3) is 0.222. The van der Waals surface area contributed by atoms with E-state index in [1.807, 2.05) is 6.07 Å².